The van der Waals surface area contributed by atoms with Crippen LogP contribution in [0.15, 0.2) is 24.3 Å². The standard InChI is InChI=1S/C17H19N3O2S/c1-4-7-14-18-10(2)15(23-14)17(22)20-11(3)16(21)19-12-8-5-6-9-13(12)20/h5-6,8-9,11H,4,7H2,1-3H3,(H,19,21)/t11-/m1/s1. The molecule has 1 aliphatic rings. The van der Waals surface area contributed by atoms with Gasteiger partial charge in [-0.2, -0.15) is 0 Å². The summed E-state index contributed by atoms with van der Waals surface area (Å²) in [4.78, 5) is 31.9. The molecule has 1 aromatic carbocycles. The second-order valence-corrected chi connectivity index (χ2v) is 6.71. The average Bonchev–Trinajstić information content (AvgIpc) is 2.89. The molecule has 0 saturated heterocycles. The number of hydrogen-bond acceptors (Lipinski definition) is 4. The van der Waals surface area contributed by atoms with E-state index in [0.717, 1.165) is 29.2 Å². The number of fused-ring (bicyclic) bond motifs is 1. The lowest BCUT2D eigenvalue weighted by Crippen LogP contribution is -2.49. The maximum atomic E-state index is 13.1. The fourth-order valence-electron chi connectivity index (χ4n) is 2.72. The van der Waals surface area contributed by atoms with Gasteiger partial charge in [-0.25, -0.2) is 4.98 Å². The molecule has 0 bridgehead atoms. The Morgan fingerprint density at radius 1 is 1.39 bits per heavy atom. The minimum Gasteiger partial charge on any atom is -0.322 e. The molecular weight excluding hydrogens is 310 g/mol. The smallest absolute Gasteiger partial charge is 0.271 e. The second-order valence-electron chi connectivity index (χ2n) is 5.63. The highest BCUT2D eigenvalue weighted by atomic mass is 32.1. The van der Waals surface area contributed by atoms with Gasteiger partial charge < -0.3 is 5.32 Å². The lowest BCUT2D eigenvalue weighted by molar-refractivity contribution is -0.117. The molecule has 1 aromatic heterocycles. The molecule has 2 amide bonds. The van der Waals surface area contributed by atoms with Crippen LogP contribution in [0.1, 0.15) is 40.6 Å². The van der Waals surface area contributed by atoms with Crippen molar-refractivity contribution in [3.63, 3.8) is 0 Å². The number of carbonyl (C=O) groups is 2. The zero-order valence-electron chi connectivity index (χ0n) is 13.4. The van der Waals surface area contributed by atoms with E-state index >= 15 is 0 Å². The van der Waals surface area contributed by atoms with Crippen LogP contribution >= 0.6 is 11.3 Å². The molecule has 23 heavy (non-hydrogen) atoms. The van der Waals surface area contributed by atoms with E-state index in [9.17, 15) is 9.59 Å². The Kier molecular flexibility index (Phi) is 4.17. The van der Waals surface area contributed by atoms with Crippen molar-refractivity contribution in [1.82, 2.24) is 4.98 Å². The fourth-order valence-corrected chi connectivity index (χ4v) is 3.82. The number of thiazole rings is 1. The van der Waals surface area contributed by atoms with Gasteiger partial charge in [0.1, 0.15) is 10.9 Å². The van der Waals surface area contributed by atoms with E-state index < -0.39 is 6.04 Å². The molecule has 0 unspecified atom stereocenters. The predicted molar refractivity (Wildman–Crippen MR) is 92.2 cm³/mol. The van der Waals surface area contributed by atoms with Crippen LogP contribution in [0.3, 0.4) is 0 Å². The number of nitrogens with zero attached hydrogens (tertiary/aromatic N) is 2. The summed E-state index contributed by atoms with van der Waals surface area (Å²) in [6.45, 7) is 5.68. The van der Waals surface area contributed by atoms with Crippen molar-refractivity contribution in [2.45, 2.75) is 39.7 Å². The van der Waals surface area contributed by atoms with Crippen LogP contribution in [0.4, 0.5) is 11.4 Å². The molecular formula is C17H19N3O2S. The topological polar surface area (TPSA) is 62.3 Å². The van der Waals surface area contributed by atoms with E-state index in [4.69, 9.17) is 0 Å². The number of anilines is 2. The molecule has 1 atom stereocenters. The highest BCUT2D eigenvalue weighted by Crippen LogP contribution is 2.34. The third kappa shape index (κ3) is 2.74. The number of nitrogens with one attached hydrogen (secondary N) is 1. The number of rotatable bonds is 3. The van der Waals surface area contributed by atoms with Crippen molar-refractivity contribution < 1.29 is 9.59 Å². The summed E-state index contributed by atoms with van der Waals surface area (Å²) in [5.74, 6) is -0.329. The summed E-state index contributed by atoms with van der Waals surface area (Å²) in [5, 5.41) is 3.81. The van der Waals surface area contributed by atoms with E-state index in [2.05, 4.69) is 17.2 Å². The first-order valence-electron chi connectivity index (χ1n) is 7.72. The van der Waals surface area contributed by atoms with Gasteiger partial charge in [0.25, 0.3) is 5.91 Å². The van der Waals surface area contributed by atoms with Crippen molar-refractivity contribution in [3.05, 3.63) is 39.8 Å². The molecule has 0 fully saturated rings. The first kappa shape index (κ1) is 15.7. The molecule has 1 aliphatic heterocycles. The molecule has 1 N–H and O–H groups in total. The summed E-state index contributed by atoms with van der Waals surface area (Å²) in [7, 11) is 0. The molecule has 120 valence electrons. The van der Waals surface area contributed by atoms with Crippen LogP contribution in [-0.2, 0) is 11.2 Å². The lowest BCUT2D eigenvalue weighted by atomic mass is 10.1. The monoisotopic (exact) mass is 329 g/mol. The molecule has 2 aromatic rings. The summed E-state index contributed by atoms with van der Waals surface area (Å²) in [5.41, 5.74) is 2.13. The minimum absolute atomic E-state index is 0.155. The molecule has 0 aliphatic carbocycles. The molecule has 3 rings (SSSR count). The maximum absolute atomic E-state index is 13.1. The fraction of sp³-hybridized carbons (Fsp3) is 0.353. The zero-order valence-corrected chi connectivity index (χ0v) is 14.2. The Morgan fingerprint density at radius 3 is 2.87 bits per heavy atom. The molecule has 0 spiro atoms. The van der Waals surface area contributed by atoms with Crippen molar-refractivity contribution in [2.75, 3.05) is 10.2 Å². The number of amides is 2. The molecule has 6 heteroatoms. The number of benzene rings is 1. The average molecular weight is 329 g/mol. The summed E-state index contributed by atoms with van der Waals surface area (Å²) >= 11 is 1.43. The SMILES string of the molecule is CCCc1nc(C)c(C(=O)N2c3ccccc3NC(=O)[C@H]2C)s1. The minimum atomic E-state index is -0.548. The van der Waals surface area contributed by atoms with Crippen molar-refractivity contribution >= 4 is 34.5 Å². The first-order valence-corrected chi connectivity index (χ1v) is 8.54. The number of aromatic nitrogens is 1. The third-order valence-electron chi connectivity index (χ3n) is 3.91. The van der Waals surface area contributed by atoms with Crippen LogP contribution in [0, 0.1) is 6.92 Å². The van der Waals surface area contributed by atoms with Gasteiger partial charge in [0, 0.05) is 0 Å². The lowest BCUT2D eigenvalue weighted by Gasteiger charge is -2.34. The predicted octanol–water partition coefficient (Wildman–Crippen LogP) is 3.39. The zero-order chi connectivity index (χ0) is 16.6. The third-order valence-corrected chi connectivity index (χ3v) is 5.11. The van der Waals surface area contributed by atoms with Crippen molar-refractivity contribution in [2.24, 2.45) is 0 Å². The molecule has 0 saturated carbocycles. The summed E-state index contributed by atoms with van der Waals surface area (Å²) < 4.78 is 0. The molecule has 5 nitrogen and oxygen atoms in total. The van der Waals surface area contributed by atoms with Gasteiger partial charge in [-0.05, 0) is 38.8 Å². The molecule has 2 heterocycles. The maximum Gasteiger partial charge on any atom is 0.271 e. The Balaban J connectivity index is 2.03. The Bertz CT molecular complexity index is 769. The van der Waals surface area contributed by atoms with Gasteiger partial charge in [-0.1, -0.05) is 19.1 Å². The number of carbonyl (C=O) groups excluding carboxylic acids is 2. The first-order chi connectivity index (χ1) is 11.0. The van der Waals surface area contributed by atoms with Gasteiger partial charge in [-0.3, -0.25) is 14.5 Å². The Hall–Kier alpha value is -2.21. The van der Waals surface area contributed by atoms with E-state index in [1.165, 1.54) is 11.3 Å². The van der Waals surface area contributed by atoms with Crippen LogP contribution in [-0.4, -0.2) is 22.8 Å². The van der Waals surface area contributed by atoms with Crippen LogP contribution < -0.4 is 10.2 Å². The van der Waals surface area contributed by atoms with E-state index in [-0.39, 0.29) is 11.8 Å². The van der Waals surface area contributed by atoms with Gasteiger partial charge >= 0.3 is 0 Å². The normalized spacial score (nSPS) is 16.9. The van der Waals surface area contributed by atoms with Gasteiger partial charge in [0.2, 0.25) is 5.91 Å². The number of hydrogen-bond donors (Lipinski definition) is 1. The second kappa shape index (κ2) is 6.12. The van der Waals surface area contributed by atoms with Crippen molar-refractivity contribution in [1.29, 1.82) is 0 Å². The van der Waals surface area contributed by atoms with Gasteiger partial charge in [0.15, 0.2) is 0 Å². The van der Waals surface area contributed by atoms with Gasteiger partial charge in [0.05, 0.1) is 22.1 Å². The largest absolute Gasteiger partial charge is 0.322 e. The number of para-hydroxylation sites is 2. The summed E-state index contributed by atoms with van der Waals surface area (Å²) in [6, 6.07) is 6.82. The highest BCUT2D eigenvalue weighted by Gasteiger charge is 2.35. The summed E-state index contributed by atoms with van der Waals surface area (Å²) in [6.07, 6.45) is 1.86. The van der Waals surface area contributed by atoms with Crippen molar-refractivity contribution in [3.8, 4) is 0 Å². The van der Waals surface area contributed by atoms with E-state index in [0.29, 0.717) is 10.6 Å². The Labute approximate surface area is 139 Å². The number of aryl methyl sites for hydroxylation is 2. The van der Waals surface area contributed by atoms with Crippen LogP contribution in [0.2, 0.25) is 0 Å². The Morgan fingerprint density at radius 2 is 2.13 bits per heavy atom. The van der Waals surface area contributed by atoms with Crippen LogP contribution in [0.25, 0.3) is 0 Å². The van der Waals surface area contributed by atoms with Gasteiger partial charge in [-0.15, -0.1) is 11.3 Å². The molecule has 0 radical (unpaired) electrons. The van der Waals surface area contributed by atoms with E-state index in [1.807, 2.05) is 25.1 Å². The highest BCUT2D eigenvalue weighted by molar-refractivity contribution is 7.14. The van der Waals surface area contributed by atoms with Crippen LogP contribution in [0.5, 0.6) is 0 Å². The quantitative estimate of drug-likeness (QED) is 0.939. The van der Waals surface area contributed by atoms with E-state index in [1.54, 1.807) is 17.9 Å².